The first-order valence-corrected chi connectivity index (χ1v) is 9.55. The molecule has 0 saturated carbocycles. The molecule has 0 radical (unpaired) electrons. The zero-order valence-corrected chi connectivity index (χ0v) is 14.6. The van der Waals surface area contributed by atoms with Crippen LogP contribution in [0.3, 0.4) is 0 Å². The highest BCUT2D eigenvalue weighted by Crippen LogP contribution is 2.27. The Morgan fingerprint density at radius 3 is 2.58 bits per heavy atom. The van der Waals surface area contributed by atoms with Crippen LogP contribution in [0.25, 0.3) is 11.1 Å². The molecule has 0 aliphatic heterocycles. The van der Waals surface area contributed by atoms with Crippen molar-refractivity contribution in [3.63, 3.8) is 0 Å². The molecule has 2 aromatic carbocycles. The van der Waals surface area contributed by atoms with Gasteiger partial charge in [-0.15, -0.1) is 0 Å². The minimum atomic E-state index is -3.51. The molecule has 0 aliphatic rings. The molecular weight excluding hydrogens is 360 g/mol. The second-order valence-electron chi connectivity index (χ2n) is 5.55. The molecule has 0 bridgehead atoms. The van der Waals surface area contributed by atoms with E-state index in [-0.39, 0.29) is 16.3 Å². The van der Waals surface area contributed by atoms with Crippen LogP contribution in [0.2, 0.25) is 0 Å². The van der Waals surface area contributed by atoms with E-state index >= 15 is 0 Å². The number of rotatable bonds is 7. The number of anilines is 2. The van der Waals surface area contributed by atoms with Crippen LogP contribution in [0.5, 0.6) is 0 Å². The van der Waals surface area contributed by atoms with Gasteiger partial charge in [-0.2, -0.15) is 4.98 Å². The average Bonchev–Trinajstić information content (AvgIpc) is 3.00. The molecule has 136 valence electrons. The lowest BCUT2D eigenvalue weighted by Crippen LogP contribution is -2.14. The summed E-state index contributed by atoms with van der Waals surface area (Å²) in [6, 6.07) is 11.5. The van der Waals surface area contributed by atoms with Gasteiger partial charge in [0, 0.05) is 25.4 Å². The molecule has 2 N–H and O–H groups in total. The Labute approximate surface area is 149 Å². The SMILES string of the molecule is CS(=O)(=O)c1ccc(NCCNc2nc3ccccc3o2)c([N+](=O)[O-])c1. The van der Waals surface area contributed by atoms with E-state index in [0.29, 0.717) is 24.7 Å². The lowest BCUT2D eigenvalue weighted by Gasteiger charge is -2.08. The van der Waals surface area contributed by atoms with Gasteiger partial charge in [0.05, 0.1) is 9.82 Å². The summed E-state index contributed by atoms with van der Waals surface area (Å²) in [7, 11) is -3.51. The fourth-order valence-corrected chi connectivity index (χ4v) is 3.00. The van der Waals surface area contributed by atoms with Gasteiger partial charge in [0.25, 0.3) is 11.7 Å². The van der Waals surface area contributed by atoms with E-state index in [1.54, 1.807) is 6.07 Å². The number of nitro benzene ring substituents is 1. The third-order valence-electron chi connectivity index (χ3n) is 3.60. The zero-order valence-electron chi connectivity index (χ0n) is 13.8. The lowest BCUT2D eigenvalue weighted by molar-refractivity contribution is -0.384. The van der Waals surface area contributed by atoms with E-state index in [9.17, 15) is 18.5 Å². The summed E-state index contributed by atoms with van der Waals surface area (Å²) >= 11 is 0. The van der Waals surface area contributed by atoms with Crippen molar-refractivity contribution in [3.05, 3.63) is 52.6 Å². The van der Waals surface area contributed by atoms with Gasteiger partial charge >= 0.3 is 0 Å². The molecule has 0 atom stereocenters. The number of hydrogen-bond acceptors (Lipinski definition) is 8. The third kappa shape index (κ3) is 3.91. The summed E-state index contributed by atoms with van der Waals surface area (Å²) < 4.78 is 28.6. The molecule has 0 unspecified atom stereocenters. The maximum atomic E-state index is 11.5. The molecule has 0 fully saturated rings. The summed E-state index contributed by atoms with van der Waals surface area (Å²) in [5.74, 6) is 0. The molecule has 10 heteroatoms. The van der Waals surface area contributed by atoms with Crippen molar-refractivity contribution in [2.24, 2.45) is 0 Å². The Morgan fingerprint density at radius 1 is 1.15 bits per heavy atom. The van der Waals surface area contributed by atoms with Crippen molar-refractivity contribution >= 4 is 38.3 Å². The average molecular weight is 376 g/mol. The standard InChI is InChI=1S/C16H16N4O5S/c1-26(23,24)11-6-7-12(14(10-11)20(21)22)17-8-9-18-16-19-13-4-2-3-5-15(13)25-16/h2-7,10,17H,8-9H2,1H3,(H,18,19). The topological polar surface area (TPSA) is 127 Å². The van der Waals surface area contributed by atoms with Crippen LogP contribution >= 0.6 is 0 Å². The molecule has 9 nitrogen and oxygen atoms in total. The Morgan fingerprint density at radius 2 is 1.88 bits per heavy atom. The molecule has 1 heterocycles. The summed E-state index contributed by atoms with van der Waals surface area (Å²) in [6.45, 7) is 0.746. The Hall–Kier alpha value is -3.14. The molecule has 1 aromatic heterocycles. The number of nitrogens with zero attached hydrogens (tertiary/aromatic N) is 2. The predicted octanol–water partition coefficient (Wildman–Crippen LogP) is 2.66. The summed E-state index contributed by atoms with van der Waals surface area (Å²) in [5.41, 5.74) is 1.33. The van der Waals surface area contributed by atoms with Crippen LogP contribution in [-0.2, 0) is 9.84 Å². The quantitative estimate of drug-likeness (QED) is 0.366. The van der Waals surface area contributed by atoms with Crippen LogP contribution in [0, 0.1) is 10.1 Å². The number of hydrogen-bond donors (Lipinski definition) is 2. The summed E-state index contributed by atoms with van der Waals surface area (Å²) in [4.78, 5) is 14.7. The number of nitrogens with one attached hydrogen (secondary N) is 2. The van der Waals surface area contributed by atoms with Gasteiger partial charge in [0.1, 0.15) is 11.2 Å². The van der Waals surface area contributed by atoms with Crippen LogP contribution < -0.4 is 10.6 Å². The van der Waals surface area contributed by atoms with Gasteiger partial charge < -0.3 is 15.1 Å². The van der Waals surface area contributed by atoms with Gasteiger partial charge in [-0.25, -0.2) is 8.42 Å². The van der Waals surface area contributed by atoms with Crippen molar-refractivity contribution in [3.8, 4) is 0 Å². The highest BCUT2D eigenvalue weighted by atomic mass is 32.2. The maximum Gasteiger partial charge on any atom is 0.295 e. The first-order chi connectivity index (χ1) is 12.3. The van der Waals surface area contributed by atoms with E-state index in [1.165, 1.54) is 12.1 Å². The minimum Gasteiger partial charge on any atom is -0.424 e. The van der Waals surface area contributed by atoms with E-state index in [0.717, 1.165) is 17.8 Å². The number of para-hydroxylation sites is 2. The highest BCUT2D eigenvalue weighted by molar-refractivity contribution is 7.90. The van der Waals surface area contributed by atoms with Gasteiger partial charge in [0.15, 0.2) is 15.4 Å². The van der Waals surface area contributed by atoms with E-state index in [2.05, 4.69) is 15.6 Å². The van der Waals surface area contributed by atoms with E-state index in [1.807, 2.05) is 18.2 Å². The maximum absolute atomic E-state index is 11.5. The monoisotopic (exact) mass is 376 g/mol. The molecule has 0 amide bonds. The Kier molecular flexibility index (Phi) is 4.76. The van der Waals surface area contributed by atoms with Crippen LogP contribution in [0.15, 0.2) is 51.8 Å². The summed E-state index contributed by atoms with van der Waals surface area (Å²) in [5, 5.41) is 17.1. The second-order valence-corrected chi connectivity index (χ2v) is 7.56. The van der Waals surface area contributed by atoms with E-state index in [4.69, 9.17) is 4.42 Å². The van der Waals surface area contributed by atoms with Gasteiger partial charge in [-0.05, 0) is 24.3 Å². The van der Waals surface area contributed by atoms with Crippen LogP contribution in [0.4, 0.5) is 17.4 Å². The minimum absolute atomic E-state index is 0.0978. The van der Waals surface area contributed by atoms with Crippen molar-refractivity contribution in [1.82, 2.24) is 4.98 Å². The smallest absolute Gasteiger partial charge is 0.295 e. The number of aromatic nitrogens is 1. The number of sulfone groups is 1. The lowest BCUT2D eigenvalue weighted by atomic mass is 10.2. The van der Waals surface area contributed by atoms with Crippen molar-refractivity contribution in [2.45, 2.75) is 4.90 Å². The van der Waals surface area contributed by atoms with Crippen molar-refractivity contribution in [1.29, 1.82) is 0 Å². The second kappa shape index (κ2) is 7.00. The first kappa shape index (κ1) is 17.7. The van der Waals surface area contributed by atoms with Crippen molar-refractivity contribution < 1.29 is 17.8 Å². The Bertz CT molecular complexity index is 1030. The van der Waals surface area contributed by atoms with E-state index < -0.39 is 14.8 Å². The van der Waals surface area contributed by atoms with Gasteiger partial charge in [-0.3, -0.25) is 10.1 Å². The normalized spacial score (nSPS) is 11.4. The fraction of sp³-hybridized carbons (Fsp3) is 0.188. The van der Waals surface area contributed by atoms with Crippen molar-refractivity contribution in [2.75, 3.05) is 30.0 Å². The largest absolute Gasteiger partial charge is 0.424 e. The summed E-state index contributed by atoms with van der Waals surface area (Å²) in [6.07, 6.45) is 1.00. The number of fused-ring (bicyclic) bond motifs is 1. The number of oxazole rings is 1. The molecule has 0 aliphatic carbocycles. The number of benzene rings is 2. The molecule has 26 heavy (non-hydrogen) atoms. The molecule has 0 saturated heterocycles. The highest BCUT2D eigenvalue weighted by Gasteiger charge is 2.18. The zero-order chi connectivity index (χ0) is 18.7. The molecular formula is C16H16N4O5S. The van der Waals surface area contributed by atoms with Gasteiger partial charge in [-0.1, -0.05) is 12.1 Å². The third-order valence-corrected chi connectivity index (χ3v) is 4.71. The van der Waals surface area contributed by atoms with Crippen LogP contribution in [0.1, 0.15) is 0 Å². The van der Waals surface area contributed by atoms with Crippen LogP contribution in [-0.4, -0.2) is 37.7 Å². The molecule has 3 rings (SSSR count). The first-order valence-electron chi connectivity index (χ1n) is 7.66. The van der Waals surface area contributed by atoms with Gasteiger partial charge in [0.2, 0.25) is 0 Å². The predicted molar refractivity (Wildman–Crippen MR) is 97.2 cm³/mol. The fourth-order valence-electron chi connectivity index (χ4n) is 2.36. The molecule has 3 aromatic rings. The molecule has 0 spiro atoms. The number of nitro groups is 1. The Balaban J connectivity index is 1.64.